The molecule has 2 heterocycles. The largest absolute Gasteiger partial charge is 0.481 e. The molecule has 0 saturated carbocycles. The van der Waals surface area contributed by atoms with Gasteiger partial charge in [-0.2, -0.15) is 0 Å². The van der Waals surface area contributed by atoms with Crippen LogP contribution in [-0.4, -0.2) is 28.6 Å². The molecule has 1 N–H and O–H groups in total. The lowest BCUT2D eigenvalue weighted by atomic mass is 10.2. The average Bonchev–Trinajstić information content (AvgIpc) is 2.40. The molecule has 2 rings (SSSR count). The lowest BCUT2D eigenvalue weighted by Gasteiger charge is -2.05. The number of hydrogen-bond acceptors (Lipinski definition) is 5. The van der Waals surface area contributed by atoms with Crippen LogP contribution in [0.3, 0.4) is 0 Å². The molecular weight excluding hydrogens is 216 g/mol. The molecule has 0 radical (unpaired) electrons. The maximum atomic E-state index is 5.01. The Morgan fingerprint density at radius 2 is 2.12 bits per heavy atom. The van der Waals surface area contributed by atoms with Crippen molar-refractivity contribution < 1.29 is 4.74 Å². The lowest BCUT2D eigenvalue weighted by Crippen LogP contribution is -2.00. The van der Waals surface area contributed by atoms with Gasteiger partial charge in [-0.1, -0.05) is 0 Å². The number of methoxy groups -OCH3 is 1. The van der Waals surface area contributed by atoms with E-state index in [0.717, 1.165) is 23.6 Å². The smallest absolute Gasteiger partial charge is 0.212 e. The van der Waals surface area contributed by atoms with Crippen LogP contribution in [-0.2, 0) is 0 Å². The molecule has 2 aromatic heterocycles. The van der Waals surface area contributed by atoms with Crippen molar-refractivity contribution >= 4 is 5.82 Å². The van der Waals surface area contributed by atoms with Crippen LogP contribution < -0.4 is 10.1 Å². The van der Waals surface area contributed by atoms with Crippen LogP contribution in [0.15, 0.2) is 30.7 Å². The normalized spacial score (nSPS) is 10.0. The van der Waals surface area contributed by atoms with Crippen molar-refractivity contribution in [3.8, 4) is 17.1 Å². The maximum Gasteiger partial charge on any atom is 0.212 e. The van der Waals surface area contributed by atoms with Crippen molar-refractivity contribution in [2.24, 2.45) is 0 Å². The second-order valence-electron chi connectivity index (χ2n) is 3.41. The molecule has 0 aliphatic heterocycles. The highest BCUT2D eigenvalue weighted by Crippen LogP contribution is 2.19. The van der Waals surface area contributed by atoms with E-state index in [9.17, 15) is 0 Å². The van der Waals surface area contributed by atoms with Gasteiger partial charge >= 0.3 is 0 Å². The summed E-state index contributed by atoms with van der Waals surface area (Å²) in [5.74, 6) is 1.41. The molecule has 0 amide bonds. The average molecular weight is 230 g/mol. The number of nitrogens with one attached hydrogen (secondary N) is 1. The van der Waals surface area contributed by atoms with Gasteiger partial charge < -0.3 is 10.1 Å². The molecule has 0 unspecified atom stereocenters. The van der Waals surface area contributed by atoms with Crippen molar-refractivity contribution in [1.82, 2.24) is 15.0 Å². The van der Waals surface area contributed by atoms with E-state index in [1.165, 1.54) is 6.33 Å². The third-order valence-electron chi connectivity index (χ3n) is 2.27. The van der Waals surface area contributed by atoms with E-state index in [-0.39, 0.29) is 0 Å². The Bertz CT molecular complexity index is 484. The van der Waals surface area contributed by atoms with Crippen LogP contribution >= 0.6 is 0 Å². The fraction of sp³-hybridized carbons (Fsp3) is 0.250. The summed E-state index contributed by atoms with van der Waals surface area (Å²) in [6, 6.07) is 5.63. The van der Waals surface area contributed by atoms with Crippen LogP contribution in [0.5, 0.6) is 5.88 Å². The minimum absolute atomic E-state index is 0.592. The van der Waals surface area contributed by atoms with Gasteiger partial charge in [-0.15, -0.1) is 0 Å². The van der Waals surface area contributed by atoms with Gasteiger partial charge in [-0.05, 0) is 13.0 Å². The minimum Gasteiger partial charge on any atom is -0.481 e. The van der Waals surface area contributed by atoms with Gasteiger partial charge in [0.15, 0.2) is 0 Å². The van der Waals surface area contributed by atoms with Gasteiger partial charge in [0, 0.05) is 30.4 Å². The molecule has 5 nitrogen and oxygen atoms in total. The number of pyridine rings is 1. The van der Waals surface area contributed by atoms with Crippen LogP contribution in [0.25, 0.3) is 11.3 Å². The zero-order valence-corrected chi connectivity index (χ0v) is 9.84. The predicted molar refractivity (Wildman–Crippen MR) is 66.0 cm³/mol. The highest BCUT2D eigenvalue weighted by Gasteiger charge is 2.02. The van der Waals surface area contributed by atoms with Crippen molar-refractivity contribution in [3.05, 3.63) is 30.7 Å². The molecule has 0 aromatic carbocycles. The molecule has 88 valence electrons. The topological polar surface area (TPSA) is 59.9 Å². The molecule has 0 aliphatic carbocycles. The number of aromatic nitrogens is 3. The quantitative estimate of drug-likeness (QED) is 0.870. The predicted octanol–water partition coefficient (Wildman–Crippen LogP) is 1.98. The summed E-state index contributed by atoms with van der Waals surface area (Å²) >= 11 is 0. The van der Waals surface area contributed by atoms with Gasteiger partial charge in [0.2, 0.25) is 5.88 Å². The van der Waals surface area contributed by atoms with Crippen molar-refractivity contribution in [1.29, 1.82) is 0 Å². The number of hydrogen-bond donors (Lipinski definition) is 1. The van der Waals surface area contributed by atoms with Gasteiger partial charge in [0.25, 0.3) is 0 Å². The van der Waals surface area contributed by atoms with Gasteiger partial charge in [-0.25, -0.2) is 15.0 Å². The Hall–Kier alpha value is -2.17. The van der Waals surface area contributed by atoms with E-state index >= 15 is 0 Å². The summed E-state index contributed by atoms with van der Waals surface area (Å²) in [5, 5.41) is 3.14. The zero-order chi connectivity index (χ0) is 12.1. The highest BCUT2D eigenvalue weighted by molar-refractivity contribution is 5.61. The Morgan fingerprint density at radius 3 is 2.76 bits per heavy atom. The highest BCUT2D eigenvalue weighted by atomic mass is 16.5. The summed E-state index contributed by atoms with van der Waals surface area (Å²) in [7, 11) is 1.59. The van der Waals surface area contributed by atoms with Crippen molar-refractivity contribution in [2.45, 2.75) is 6.92 Å². The second-order valence-corrected chi connectivity index (χ2v) is 3.41. The summed E-state index contributed by atoms with van der Waals surface area (Å²) in [4.78, 5) is 12.5. The minimum atomic E-state index is 0.592. The molecule has 0 bridgehead atoms. The first-order chi connectivity index (χ1) is 8.33. The van der Waals surface area contributed by atoms with E-state index in [2.05, 4.69) is 20.3 Å². The molecule has 0 saturated heterocycles. The first-order valence-corrected chi connectivity index (χ1v) is 5.40. The van der Waals surface area contributed by atoms with E-state index in [1.807, 2.05) is 25.1 Å². The first kappa shape index (κ1) is 11.3. The molecule has 0 aliphatic rings. The van der Waals surface area contributed by atoms with Crippen LogP contribution in [0, 0.1) is 0 Å². The summed E-state index contributed by atoms with van der Waals surface area (Å²) in [6.07, 6.45) is 3.27. The standard InChI is InChI=1S/C12H14N4O/c1-3-13-11-6-10(15-8-16-11)9-4-5-12(17-2)14-7-9/h4-8H,3H2,1-2H3,(H,13,15,16). The fourth-order valence-electron chi connectivity index (χ4n) is 1.45. The fourth-order valence-corrected chi connectivity index (χ4v) is 1.45. The van der Waals surface area contributed by atoms with E-state index in [4.69, 9.17) is 4.74 Å². The third-order valence-corrected chi connectivity index (χ3v) is 2.27. The molecule has 17 heavy (non-hydrogen) atoms. The van der Waals surface area contributed by atoms with E-state index < -0.39 is 0 Å². The first-order valence-electron chi connectivity index (χ1n) is 5.40. The Balaban J connectivity index is 2.28. The van der Waals surface area contributed by atoms with Gasteiger partial charge in [0.1, 0.15) is 12.1 Å². The van der Waals surface area contributed by atoms with Crippen LogP contribution in [0.1, 0.15) is 6.92 Å². The molecule has 0 atom stereocenters. The Kier molecular flexibility index (Phi) is 3.49. The summed E-state index contributed by atoms with van der Waals surface area (Å²) in [6.45, 7) is 2.86. The van der Waals surface area contributed by atoms with Gasteiger partial charge in [0.05, 0.1) is 12.8 Å². The zero-order valence-electron chi connectivity index (χ0n) is 9.84. The number of nitrogens with zero attached hydrogens (tertiary/aromatic N) is 3. The SMILES string of the molecule is CCNc1cc(-c2ccc(OC)nc2)ncn1. The van der Waals surface area contributed by atoms with Crippen molar-refractivity contribution in [2.75, 3.05) is 19.0 Å². The number of ether oxygens (including phenoxy) is 1. The maximum absolute atomic E-state index is 5.01. The van der Waals surface area contributed by atoms with Crippen molar-refractivity contribution in [3.63, 3.8) is 0 Å². The second kappa shape index (κ2) is 5.25. The number of rotatable bonds is 4. The van der Waals surface area contributed by atoms with Gasteiger partial charge in [-0.3, -0.25) is 0 Å². The Labute approximate surface area is 99.9 Å². The molecule has 0 spiro atoms. The van der Waals surface area contributed by atoms with Crippen LogP contribution in [0.4, 0.5) is 5.82 Å². The molecule has 5 heteroatoms. The van der Waals surface area contributed by atoms with E-state index in [1.54, 1.807) is 13.3 Å². The molecular formula is C12H14N4O. The summed E-state index contributed by atoms with van der Waals surface area (Å²) in [5.41, 5.74) is 1.78. The van der Waals surface area contributed by atoms with Crippen LogP contribution in [0.2, 0.25) is 0 Å². The Morgan fingerprint density at radius 1 is 1.24 bits per heavy atom. The lowest BCUT2D eigenvalue weighted by molar-refractivity contribution is 0.398. The van der Waals surface area contributed by atoms with E-state index in [0.29, 0.717) is 5.88 Å². The molecule has 0 fully saturated rings. The third kappa shape index (κ3) is 2.69. The number of anilines is 1. The summed E-state index contributed by atoms with van der Waals surface area (Å²) < 4.78 is 5.01. The molecule has 2 aromatic rings. The monoisotopic (exact) mass is 230 g/mol.